The summed E-state index contributed by atoms with van der Waals surface area (Å²) in [4.78, 5) is 8.84. The van der Waals surface area contributed by atoms with E-state index in [0.717, 1.165) is 28.8 Å². The first-order chi connectivity index (χ1) is 9.19. The largest absolute Gasteiger partial charge is 0.369 e. The summed E-state index contributed by atoms with van der Waals surface area (Å²) in [6.45, 7) is 4.13. The minimum atomic E-state index is 0.473. The predicted octanol–water partition coefficient (Wildman–Crippen LogP) is 2.87. The number of anilines is 1. The van der Waals surface area contributed by atoms with Crippen LogP contribution in [-0.2, 0) is 6.42 Å². The van der Waals surface area contributed by atoms with Gasteiger partial charge in [-0.15, -0.1) is 0 Å². The van der Waals surface area contributed by atoms with Crippen LogP contribution in [0.5, 0.6) is 0 Å². The number of hydrogen-bond acceptors (Lipinski definition) is 3. The predicted molar refractivity (Wildman–Crippen MR) is 77.4 cm³/mol. The summed E-state index contributed by atoms with van der Waals surface area (Å²) >= 11 is 0. The standard InChI is InChI=1S/C15H16N4/c1-3-11-5-4-6-12(8-11)19-14-13(18-15(19)16)7-10(2)9-17-14/h4-9H,3H2,1-2H3,(H2,16,18). The van der Waals surface area contributed by atoms with E-state index >= 15 is 0 Å². The van der Waals surface area contributed by atoms with Crippen LogP contribution in [0.1, 0.15) is 18.1 Å². The van der Waals surface area contributed by atoms with Crippen molar-refractivity contribution in [2.45, 2.75) is 20.3 Å². The Morgan fingerprint density at radius 2 is 2.11 bits per heavy atom. The Labute approximate surface area is 111 Å². The van der Waals surface area contributed by atoms with E-state index in [-0.39, 0.29) is 0 Å². The van der Waals surface area contributed by atoms with Gasteiger partial charge >= 0.3 is 0 Å². The topological polar surface area (TPSA) is 56.7 Å². The van der Waals surface area contributed by atoms with Crippen LogP contribution in [0.25, 0.3) is 16.9 Å². The van der Waals surface area contributed by atoms with Gasteiger partial charge in [0.15, 0.2) is 5.65 Å². The zero-order chi connectivity index (χ0) is 13.4. The van der Waals surface area contributed by atoms with Gasteiger partial charge in [-0.05, 0) is 42.7 Å². The molecule has 0 aliphatic rings. The van der Waals surface area contributed by atoms with Gasteiger partial charge in [0.2, 0.25) is 5.95 Å². The van der Waals surface area contributed by atoms with Crippen LogP contribution in [0, 0.1) is 6.92 Å². The molecule has 2 aromatic heterocycles. The summed E-state index contributed by atoms with van der Waals surface area (Å²) < 4.78 is 1.90. The highest BCUT2D eigenvalue weighted by Gasteiger charge is 2.11. The van der Waals surface area contributed by atoms with Crippen molar-refractivity contribution in [3.8, 4) is 5.69 Å². The van der Waals surface area contributed by atoms with Gasteiger partial charge < -0.3 is 5.73 Å². The quantitative estimate of drug-likeness (QED) is 0.763. The molecule has 2 heterocycles. The van der Waals surface area contributed by atoms with Crippen LogP contribution in [0.2, 0.25) is 0 Å². The van der Waals surface area contributed by atoms with Gasteiger partial charge in [-0.2, -0.15) is 0 Å². The van der Waals surface area contributed by atoms with Gasteiger partial charge in [-0.3, -0.25) is 4.57 Å². The lowest BCUT2D eigenvalue weighted by Gasteiger charge is -2.07. The van der Waals surface area contributed by atoms with Crippen LogP contribution < -0.4 is 5.73 Å². The number of nitrogen functional groups attached to an aromatic ring is 1. The maximum absolute atomic E-state index is 6.04. The minimum Gasteiger partial charge on any atom is -0.369 e. The lowest BCUT2D eigenvalue weighted by molar-refractivity contribution is 1.06. The molecule has 2 N–H and O–H groups in total. The Morgan fingerprint density at radius 1 is 1.26 bits per heavy atom. The molecule has 0 spiro atoms. The fraction of sp³-hybridized carbons (Fsp3) is 0.200. The number of hydrogen-bond donors (Lipinski definition) is 1. The zero-order valence-electron chi connectivity index (χ0n) is 11.1. The Hall–Kier alpha value is -2.36. The maximum Gasteiger partial charge on any atom is 0.207 e. The first-order valence-electron chi connectivity index (χ1n) is 6.39. The third-order valence-electron chi connectivity index (χ3n) is 3.24. The lowest BCUT2D eigenvalue weighted by atomic mass is 10.1. The fourth-order valence-corrected chi connectivity index (χ4v) is 2.25. The highest BCUT2D eigenvalue weighted by Crippen LogP contribution is 2.22. The van der Waals surface area contributed by atoms with Crippen molar-refractivity contribution in [3.63, 3.8) is 0 Å². The molecule has 0 saturated heterocycles. The van der Waals surface area contributed by atoms with Gasteiger partial charge in [0.25, 0.3) is 0 Å². The first-order valence-corrected chi connectivity index (χ1v) is 6.39. The van der Waals surface area contributed by atoms with Gasteiger partial charge in [0.1, 0.15) is 5.52 Å². The number of nitrogens with zero attached hydrogens (tertiary/aromatic N) is 3. The molecule has 0 aliphatic carbocycles. The highest BCUT2D eigenvalue weighted by atomic mass is 15.2. The van der Waals surface area contributed by atoms with E-state index in [1.165, 1.54) is 5.56 Å². The normalized spacial score (nSPS) is 11.1. The number of rotatable bonds is 2. The second-order valence-electron chi connectivity index (χ2n) is 4.68. The number of aromatic nitrogens is 3. The first kappa shape index (κ1) is 11.7. The summed E-state index contributed by atoms with van der Waals surface area (Å²) in [5.74, 6) is 0.473. The van der Waals surface area contributed by atoms with E-state index in [2.05, 4.69) is 29.0 Å². The van der Waals surface area contributed by atoms with Crippen LogP contribution in [-0.4, -0.2) is 14.5 Å². The van der Waals surface area contributed by atoms with Gasteiger partial charge in [0.05, 0.1) is 5.69 Å². The average molecular weight is 252 g/mol. The summed E-state index contributed by atoms with van der Waals surface area (Å²) in [6.07, 6.45) is 2.83. The van der Waals surface area contributed by atoms with E-state index in [0.29, 0.717) is 5.95 Å². The van der Waals surface area contributed by atoms with E-state index < -0.39 is 0 Å². The number of imidazole rings is 1. The minimum absolute atomic E-state index is 0.473. The zero-order valence-corrected chi connectivity index (χ0v) is 11.1. The Kier molecular flexibility index (Phi) is 2.71. The number of nitrogens with two attached hydrogens (primary N) is 1. The third-order valence-corrected chi connectivity index (χ3v) is 3.24. The van der Waals surface area contributed by atoms with Crippen molar-refractivity contribution in [1.29, 1.82) is 0 Å². The molecule has 0 atom stereocenters. The number of benzene rings is 1. The molecule has 3 rings (SSSR count). The van der Waals surface area contributed by atoms with Crippen molar-refractivity contribution in [2.24, 2.45) is 0 Å². The smallest absolute Gasteiger partial charge is 0.207 e. The molecule has 0 amide bonds. The van der Waals surface area contributed by atoms with Crippen LogP contribution in [0.3, 0.4) is 0 Å². The summed E-state index contributed by atoms with van der Waals surface area (Å²) in [6, 6.07) is 10.3. The summed E-state index contributed by atoms with van der Waals surface area (Å²) in [7, 11) is 0. The second-order valence-corrected chi connectivity index (χ2v) is 4.68. The molecular formula is C15H16N4. The molecule has 0 aliphatic heterocycles. The molecule has 4 nitrogen and oxygen atoms in total. The fourth-order valence-electron chi connectivity index (χ4n) is 2.25. The Bertz CT molecular complexity index is 743. The number of pyridine rings is 1. The van der Waals surface area contributed by atoms with Crippen molar-refractivity contribution >= 4 is 17.1 Å². The number of fused-ring (bicyclic) bond motifs is 1. The molecule has 0 saturated carbocycles. The maximum atomic E-state index is 6.04. The Balaban J connectivity index is 2.26. The monoisotopic (exact) mass is 252 g/mol. The second kappa shape index (κ2) is 4.39. The summed E-state index contributed by atoms with van der Waals surface area (Å²) in [5, 5.41) is 0. The average Bonchev–Trinajstić information content (AvgIpc) is 2.73. The molecular weight excluding hydrogens is 236 g/mol. The van der Waals surface area contributed by atoms with Crippen LogP contribution >= 0.6 is 0 Å². The molecule has 0 unspecified atom stereocenters. The van der Waals surface area contributed by atoms with Crippen LogP contribution in [0.4, 0.5) is 5.95 Å². The van der Waals surface area contributed by atoms with Gasteiger partial charge in [0, 0.05) is 6.20 Å². The van der Waals surface area contributed by atoms with Crippen molar-refractivity contribution in [3.05, 3.63) is 47.7 Å². The highest BCUT2D eigenvalue weighted by molar-refractivity contribution is 5.77. The van der Waals surface area contributed by atoms with E-state index in [4.69, 9.17) is 5.73 Å². The molecule has 0 bridgehead atoms. The van der Waals surface area contributed by atoms with Crippen molar-refractivity contribution in [1.82, 2.24) is 14.5 Å². The molecule has 1 aromatic carbocycles. The van der Waals surface area contributed by atoms with E-state index in [9.17, 15) is 0 Å². The van der Waals surface area contributed by atoms with Gasteiger partial charge in [-0.1, -0.05) is 19.1 Å². The van der Waals surface area contributed by atoms with Crippen molar-refractivity contribution in [2.75, 3.05) is 5.73 Å². The molecule has 3 aromatic rings. The molecule has 4 heteroatoms. The summed E-state index contributed by atoms with van der Waals surface area (Å²) in [5.41, 5.74) is 11.0. The molecule has 0 fully saturated rings. The van der Waals surface area contributed by atoms with Crippen molar-refractivity contribution < 1.29 is 0 Å². The van der Waals surface area contributed by atoms with E-state index in [1.54, 1.807) is 0 Å². The number of aryl methyl sites for hydroxylation is 2. The molecule has 0 radical (unpaired) electrons. The third kappa shape index (κ3) is 1.95. The Morgan fingerprint density at radius 3 is 2.89 bits per heavy atom. The van der Waals surface area contributed by atoms with Gasteiger partial charge in [-0.25, -0.2) is 9.97 Å². The molecule has 19 heavy (non-hydrogen) atoms. The molecule has 96 valence electrons. The lowest BCUT2D eigenvalue weighted by Crippen LogP contribution is -2.01. The van der Waals surface area contributed by atoms with E-state index in [1.807, 2.05) is 35.9 Å². The van der Waals surface area contributed by atoms with Crippen LogP contribution in [0.15, 0.2) is 36.5 Å². The SMILES string of the molecule is CCc1cccc(-n2c(N)nc3cc(C)cnc32)c1.